The predicted molar refractivity (Wildman–Crippen MR) is 87.7 cm³/mol. The quantitative estimate of drug-likeness (QED) is 0.753. The van der Waals surface area contributed by atoms with E-state index in [1.807, 2.05) is 5.32 Å². The first-order valence-corrected chi connectivity index (χ1v) is 7.93. The lowest BCUT2D eigenvalue weighted by molar-refractivity contribution is -0.143. The predicted octanol–water partition coefficient (Wildman–Crippen LogP) is 4.00. The lowest BCUT2D eigenvalue weighted by Gasteiger charge is -2.15. The molecular weight excluding hydrogens is 392 g/mol. The standard InChI is InChI=1S/C17H15F6N3O2/c1-8-13(15(28)25-9(2)24-8)3-4-14(27)26-12-6-10(16(18,19)20)5-11(7-12)17(21,22)23/h5-7H,3-4H2,1-2H3,(H,26,27)(H,24,25,28). The van der Waals surface area contributed by atoms with Crippen molar-refractivity contribution in [2.24, 2.45) is 0 Å². The molecule has 0 fully saturated rings. The molecule has 0 spiro atoms. The van der Waals surface area contributed by atoms with Gasteiger partial charge in [-0.15, -0.1) is 0 Å². The van der Waals surface area contributed by atoms with Gasteiger partial charge in [0.1, 0.15) is 5.82 Å². The third-order valence-corrected chi connectivity index (χ3v) is 3.81. The van der Waals surface area contributed by atoms with Crippen LogP contribution in [0.4, 0.5) is 32.0 Å². The molecule has 0 aliphatic rings. The van der Waals surface area contributed by atoms with Gasteiger partial charge in [0.05, 0.1) is 11.1 Å². The number of carbonyl (C=O) groups is 1. The van der Waals surface area contributed by atoms with Crippen molar-refractivity contribution >= 4 is 11.6 Å². The lowest BCUT2D eigenvalue weighted by Crippen LogP contribution is -2.21. The highest BCUT2D eigenvalue weighted by Gasteiger charge is 2.37. The Kier molecular flexibility index (Phi) is 5.86. The number of hydrogen-bond donors (Lipinski definition) is 2. The molecular formula is C17H15F6N3O2. The van der Waals surface area contributed by atoms with E-state index in [0.29, 0.717) is 23.7 Å². The Balaban J connectivity index is 2.21. The minimum atomic E-state index is -5.02. The average Bonchev–Trinajstić information content (AvgIpc) is 2.51. The lowest BCUT2D eigenvalue weighted by atomic mass is 10.1. The van der Waals surface area contributed by atoms with Crippen LogP contribution in [0, 0.1) is 13.8 Å². The van der Waals surface area contributed by atoms with Gasteiger partial charge in [-0.2, -0.15) is 26.3 Å². The van der Waals surface area contributed by atoms with Gasteiger partial charge in [0, 0.05) is 23.4 Å². The van der Waals surface area contributed by atoms with Crippen molar-refractivity contribution in [1.29, 1.82) is 0 Å². The minimum Gasteiger partial charge on any atom is -0.326 e. The van der Waals surface area contributed by atoms with Crippen molar-refractivity contribution in [2.75, 3.05) is 5.32 Å². The first-order valence-electron chi connectivity index (χ1n) is 7.93. The van der Waals surface area contributed by atoms with E-state index in [2.05, 4.69) is 9.97 Å². The molecule has 0 atom stereocenters. The Morgan fingerprint density at radius 1 is 1.04 bits per heavy atom. The van der Waals surface area contributed by atoms with Gasteiger partial charge < -0.3 is 10.3 Å². The number of anilines is 1. The van der Waals surface area contributed by atoms with E-state index in [4.69, 9.17) is 0 Å². The van der Waals surface area contributed by atoms with Gasteiger partial charge in [0.2, 0.25) is 5.91 Å². The van der Waals surface area contributed by atoms with Crippen LogP contribution in [0.15, 0.2) is 23.0 Å². The minimum absolute atomic E-state index is 0.0312. The number of nitrogens with zero attached hydrogens (tertiary/aromatic N) is 1. The summed E-state index contributed by atoms with van der Waals surface area (Å²) in [5.41, 5.74) is -3.58. The van der Waals surface area contributed by atoms with Gasteiger partial charge in [0.15, 0.2) is 0 Å². The van der Waals surface area contributed by atoms with E-state index in [0.717, 1.165) is 0 Å². The molecule has 152 valence electrons. The number of aromatic nitrogens is 2. The number of nitrogens with one attached hydrogen (secondary N) is 2. The fourth-order valence-electron chi connectivity index (χ4n) is 2.53. The zero-order chi connectivity index (χ0) is 21.3. The fourth-order valence-corrected chi connectivity index (χ4v) is 2.53. The summed E-state index contributed by atoms with van der Waals surface area (Å²) in [6, 6.07) is 0.799. The highest BCUT2D eigenvalue weighted by Crippen LogP contribution is 2.37. The molecule has 1 amide bonds. The number of benzene rings is 1. The van der Waals surface area contributed by atoms with Crippen LogP contribution >= 0.6 is 0 Å². The number of amides is 1. The Bertz CT molecular complexity index is 915. The second-order valence-electron chi connectivity index (χ2n) is 6.06. The van der Waals surface area contributed by atoms with E-state index >= 15 is 0 Å². The van der Waals surface area contributed by atoms with Gasteiger partial charge in [-0.3, -0.25) is 9.59 Å². The molecule has 5 nitrogen and oxygen atoms in total. The monoisotopic (exact) mass is 407 g/mol. The summed E-state index contributed by atoms with van der Waals surface area (Å²) in [4.78, 5) is 30.3. The number of alkyl halides is 6. The highest BCUT2D eigenvalue weighted by atomic mass is 19.4. The first kappa shape index (κ1) is 21.5. The SMILES string of the molecule is Cc1nc(C)c(CCC(=O)Nc2cc(C(F)(F)F)cc(C(F)(F)F)c2)c(=O)[nH]1. The molecule has 0 saturated heterocycles. The number of hydrogen-bond acceptors (Lipinski definition) is 3. The summed E-state index contributed by atoms with van der Waals surface area (Å²) in [6.45, 7) is 3.12. The number of aryl methyl sites for hydroxylation is 2. The van der Waals surface area contributed by atoms with Crippen LogP contribution in [-0.2, 0) is 23.6 Å². The molecule has 0 bridgehead atoms. The first-order chi connectivity index (χ1) is 12.8. The molecule has 2 N–H and O–H groups in total. The normalized spacial score (nSPS) is 12.1. The Labute approximate surface area is 154 Å². The van der Waals surface area contributed by atoms with Crippen molar-refractivity contribution in [2.45, 2.75) is 39.0 Å². The van der Waals surface area contributed by atoms with Crippen molar-refractivity contribution in [3.05, 3.63) is 56.8 Å². The average molecular weight is 407 g/mol. The summed E-state index contributed by atoms with van der Waals surface area (Å²) in [5, 5.41) is 2.02. The van der Waals surface area contributed by atoms with Gasteiger partial charge in [-0.25, -0.2) is 4.98 Å². The molecule has 1 heterocycles. The second kappa shape index (κ2) is 7.64. The summed E-state index contributed by atoms with van der Waals surface area (Å²) in [7, 11) is 0. The van der Waals surface area contributed by atoms with E-state index in [-0.39, 0.29) is 24.5 Å². The topological polar surface area (TPSA) is 74.8 Å². The summed E-state index contributed by atoms with van der Waals surface area (Å²) >= 11 is 0. The number of rotatable bonds is 4. The maximum absolute atomic E-state index is 12.8. The summed E-state index contributed by atoms with van der Waals surface area (Å²) in [5.74, 6) is -0.467. The highest BCUT2D eigenvalue weighted by molar-refractivity contribution is 5.91. The zero-order valence-electron chi connectivity index (χ0n) is 14.7. The van der Waals surface area contributed by atoms with Crippen LogP contribution in [-0.4, -0.2) is 15.9 Å². The Morgan fingerprint density at radius 3 is 2.04 bits per heavy atom. The molecule has 0 aliphatic heterocycles. The molecule has 2 rings (SSSR count). The van der Waals surface area contributed by atoms with Gasteiger partial charge in [-0.1, -0.05) is 0 Å². The Hall–Kier alpha value is -2.85. The van der Waals surface area contributed by atoms with Gasteiger partial charge >= 0.3 is 12.4 Å². The fraction of sp³-hybridized carbons (Fsp3) is 0.353. The van der Waals surface area contributed by atoms with Crippen LogP contribution < -0.4 is 10.9 Å². The van der Waals surface area contributed by atoms with Crippen LogP contribution in [0.1, 0.15) is 34.6 Å². The molecule has 0 radical (unpaired) electrons. The second-order valence-corrected chi connectivity index (χ2v) is 6.06. The van der Waals surface area contributed by atoms with Crippen LogP contribution in [0.2, 0.25) is 0 Å². The molecule has 1 aromatic heterocycles. The number of halogens is 6. The van der Waals surface area contributed by atoms with Crippen molar-refractivity contribution in [1.82, 2.24) is 9.97 Å². The van der Waals surface area contributed by atoms with E-state index < -0.39 is 40.6 Å². The van der Waals surface area contributed by atoms with Crippen molar-refractivity contribution < 1.29 is 31.1 Å². The Morgan fingerprint density at radius 2 is 1.57 bits per heavy atom. The summed E-state index contributed by atoms with van der Waals surface area (Å²) < 4.78 is 77.0. The third kappa shape index (κ3) is 5.33. The summed E-state index contributed by atoms with van der Waals surface area (Å²) in [6.07, 6.45) is -10.4. The van der Waals surface area contributed by atoms with E-state index in [1.54, 1.807) is 13.8 Å². The smallest absolute Gasteiger partial charge is 0.326 e. The third-order valence-electron chi connectivity index (χ3n) is 3.81. The number of aromatic amines is 1. The maximum atomic E-state index is 12.8. The molecule has 11 heteroatoms. The van der Waals surface area contributed by atoms with Gasteiger partial charge in [0.25, 0.3) is 5.56 Å². The molecule has 28 heavy (non-hydrogen) atoms. The number of H-pyrrole nitrogens is 1. The molecule has 0 aliphatic carbocycles. The van der Waals surface area contributed by atoms with Gasteiger partial charge in [-0.05, 0) is 38.5 Å². The molecule has 0 saturated carbocycles. The maximum Gasteiger partial charge on any atom is 0.416 e. The van der Waals surface area contributed by atoms with Crippen molar-refractivity contribution in [3.8, 4) is 0 Å². The number of carbonyl (C=O) groups excluding carboxylic acids is 1. The van der Waals surface area contributed by atoms with E-state index in [9.17, 15) is 35.9 Å². The zero-order valence-corrected chi connectivity index (χ0v) is 14.7. The van der Waals surface area contributed by atoms with Crippen LogP contribution in [0.5, 0.6) is 0 Å². The molecule has 1 aromatic carbocycles. The van der Waals surface area contributed by atoms with Crippen LogP contribution in [0.25, 0.3) is 0 Å². The molecule has 2 aromatic rings. The van der Waals surface area contributed by atoms with Crippen molar-refractivity contribution in [3.63, 3.8) is 0 Å². The molecule has 0 unspecified atom stereocenters. The van der Waals surface area contributed by atoms with Crippen LogP contribution in [0.3, 0.4) is 0 Å². The van der Waals surface area contributed by atoms with E-state index in [1.165, 1.54) is 0 Å². The largest absolute Gasteiger partial charge is 0.416 e.